The van der Waals surface area contributed by atoms with Crippen molar-refractivity contribution in [3.05, 3.63) is 40.9 Å². The average molecular weight is 230 g/mol. The molecule has 1 heterocycles. The topological polar surface area (TPSA) is 62.6 Å². The first-order valence-corrected chi connectivity index (χ1v) is 5.43. The van der Waals surface area contributed by atoms with Crippen molar-refractivity contribution in [2.45, 2.75) is 25.8 Å². The SMILES string of the molecule is CC(C)(Cc1ccc(O)c2ncccc12)N=O. The Bertz CT molecular complexity index is 564. The minimum Gasteiger partial charge on any atom is -0.506 e. The molecule has 0 aliphatic rings. The minimum absolute atomic E-state index is 0.154. The molecule has 0 saturated carbocycles. The van der Waals surface area contributed by atoms with E-state index in [0.29, 0.717) is 11.9 Å². The zero-order valence-corrected chi connectivity index (χ0v) is 9.84. The Morgan fingerprint density at radius 2 is 2.12 bits per heavy atom. The van der Waals surface area contributed by atoms with Gasteiger partial charge in [0, 0.05) is 18.0 Å². The summed E-state index contributed by atoms with van der Waals surface area (Å²) in [5.74, 6) is 0.154. The number of benzene rings is 1. The quantitative estimate of drug-likeness (QED) is 0.824. The Morgan fingerprint density at radius 3 is 2.82 bits per heavy atom. The van der Waals surface area contributed by atoms with Gasteiger partial charge in [0.2, 0.25) is 0 Å². The van der Waals surface area contributed by atoms with Crippen LogP contribution in [0, 0.1) is 4.91 Å². The number of phenolic OH excluding ortho intramolecular Hbond substituents is 1. The Labute approximate surface area is 99.3 Å². The van der Waals surface area contributed by atoms with Gasteiger partial charge < -0.3 is 5.11 Å². The van der Waals surface area contributed by atoms with Crippen molar-refractivity contribution in [1.82, 2.24) is 4.98 Å². The third kappa shape index (κ3) is 2.25. The molecule has 0 aliphatic carbocycles. The van der Waals surface area contributed by atoms with Crippen LogP contribution < -0.4 is 0 Å². The van der Waals surface area contributed by atoms with Crippen molar-refractivity contribution in [2.75, 3.05) is 0 Å². The number of nitrogens with zero attached hydrogens (tertiary/aromatic N) is 2. The van der Waals surface area contributed by atoms with E-state index in [9.17, 15) is 10.0 Å². The highest BCUT2D eigenvalue weighted by Gasteiger charge is 2.20. The Hall–Kier alpha value is -1.97. The monoisotopic (exact) mass is 230 g/mol. The average Bonchev–Trinajstić information content (AvgIpc) is 2.33. The van der Waals surface area contributed by atoms with Crippen molar-refractivity contribution < 1.29 is 5.11 Å². The number of phenols is 1. The van der Waals surface area contributed by atoms with Gasteiger partial charge in [-0.3, -0.25) is 4.98 Å². The van der Waals surface area contributed by atoms with Crippen LogP contribution in [0.3, 0.4) is 0 Å². The summed E-state index contributed by atoms with van der Waals surface area (Å²) in [6.07, 6.45) is 2.16. The maximum absolute atomic E-state index is 10.7. The van der Waals surface area contributed by atoms with Gasteiger partial charge in [0.05, 0.1) is 0 Å². The van der Waals surface area contributed by atoms with Crippen molar-refractivity contribution in [3.8, 4) is 5.75 Å². The molecular weight excluding hydrogens is 216 g/mol. The third-order valence-corrected chi connectivity index (χ3v) is 2.71. The number of rotatable bonds is 3. The van der Waals surface area contributed by atoms with Gasteiger partial charge in [-0.25, -0.2) is 0 Å². The number of aromatic hydroxyl groups is 1. The number of hydrogen-bond donors (Lipinski definition) is 1. The van der Waals surface area contributed by atoms with Crippen molar-refractivity contribution in [2.24, 2.45) is 5.18 Å². The molecule has 0 amide bonds. The number of aromatic nitrogens is 1. The summed E-state index contributed by atoms with van der Waals surface area (Å²) >= 11 is 0. The van der Waals surface area contributed by atoms with Crippen LogP contribution >= 0.6 is 0 Å². The molecule has 0 unspecified atom stereocenters. The van der Waals surface area contributed by atoms with E-state index < -0.39 is 5.54 Å². The molecule has 2 aromatic rings. The van der Waals surface area contributed by atoms with Crippen LogP contribution in [0.5, 0.6) is 5.75 Å². The minimum atomic E-state index is -0.653. The molecule has 17 heavy (non-hydrogen) atoms. The summed E-state index contributed by atoms with van der Waals surface area (Å²) in [6.45, 7) is 3.57. The van der Waals surface area contributed by atoms with E-state index in [2.05, 4.69) is 10.2 Å². The van der Waals surface area contributed by atoms with Crippen LogP contribution in [0.2, 0.25) is 0 Å². The van der Waals surface area contributed by atoms with Crippen LogP contribution in [0.25, 0.3) is 10.9 Å². The summed E-state index contributed by atoms with van der Waals surface area (Å²) < 4.78 is 0. The molecule has 0 atom stereocenters. The van der Waals surface area contributed by atoms with E-state index in [0.717, 1.165) is 10.9 Å². The van der Waals surface area contributed by atoms with Crippen molar-refractivity contribution in [1.29, 1.82) is 0 Å². The van der Waals surface area contributed by atoms with Gasteiger partial charge in [0.25, 0.3) is 0 Å². The molecule has 4 nitrogen and oxygen atoms in total. The lowest BCUT2D eigenvalue weighted by molar-refractivity contribution is 0.479. The second-order valence-electron chi connectivity index (χ2n) is 4.72. The molecule has 0 saturated heterocycles. The smallest absolute Gasteiger partial charge is 0.141 e. The van der Waals surface area contributed by atoms with Gasteiger partial charge in [0.15, 0.2) is 0 Å². The Kier molecular flexibility index (Phi) is 2.79. The largest absolute Gasteiger partial charge is 0.506 e. The number of fused-ring (bicyclic) bond motifs is 1. The molecule has 88 valence electrons. The van der Waals surface area contributed by atoms with Crippen molar-refractivity contribution in [3.63, 3.8) is 0 Å². The van der Waals surface area contributed by atoms with Gasteiger partial charge in [-0.1, -0.05) is 17.3 Å². The molecule has 0 radical (unpaired) electrons. The van der Waals surface area contributed by atoms with E-state index in [1.807, 2.05) is 18.2 Å². The number of pyridine rings is 1. The zero-order chi connectivity index (χ0) is 12.5. The molecule has 1 N–H and O–H groups in total. The Morgan fingerprint density at radius 1 is 1.35 bits per heavy atom. The number of hydrogen-bond acceptors (Lipinski definition) is 4. The summed E-state index contributed by atoms with van der Waals surface area (Å²) in [5.41, 5.74) is 0.877. The molecule has 0 aliphatic heterocycles. The van der Waals surface area contributed by atoms with Crippen LogP contribution in [0.15, 0.2) is 35.6 Å². The molecule has 0 fully saturated rings. The second-order valence-corrected chi connectivity index (χ2v) is 4.72. The van der Waals surface area contributed by atoms with E-state index in [-0.39, 0.29) is 5.75 Å². The molecule has 0 bridgehead atoms. The predicted molar refractivity (Wildman–Crippen MR) is 67.0 cm³/mol. The first-order chi connectivity index (χ1) is 8.03. The fourth-order valence-corrected chi connectivity index (χ4v) is 1.87. The lowest BCUT2D eigenvalue weighted by atomic mass is 9.93. The van der Waals surface area contributed by atoms with Crippen LogP contribution in [-0.4, -0.2) is 15.6 Å². The highest BCUT2D eigenvalue weighted by Crippen LogP contribution is 2.28. The van der Waals surface area contributed by atoms with Crippen LogP contribution in [-0.2, 0) is 6.42 Å². The van der Waals surface area contributed by atoms with Crippen LogP contribution in [0.1, 0.15) is 19.4 Å². The summed E-state index contributed by atoms with van der Waals surface area (Å²) in [5, 5.41) is 13.7. The lowest BCUT2D eigenvalue weighted by Crippen LogP contribution is -2.19. The summed E-state index contributed by atoms with van der Waals surface area (Å²) in [4.78, 5) is 14.9. The summed E-state index contributed by atoms with van der Waals surface area (Å²) in [6, 6.07) is 7.11. The second kappa shape index (κ2) is 4.13. The molecule has 2 rings (SSSR count). The normalized spacial score (nSPS) is 11.6. The maximum Gasteiger partial charge on any atom is 0.141 e. The van der Waals surface area contributed by atoms with Crippen LogP contribution in [0.4, 0.5) is 0 Å². The van der Waals surface area contributed by atoms with Gasteiger partial charge in [-0.05, 0) is 31.5 Å². The van der Waals surface area contributed by atoms with E-state index in [1.54, 1.807) is 26.1 Å². The Balaban J connectivity index is 2.56. The van der Waals surface area contributed by atoms with Gasteiger partial charge >= 0.3 is 0 Å². The van der Waals surface area contributed by atoms with E-state index in [4.69, 9.17) is 0 Å². The molecule has 1 aromatic carbocycles. The fourth-order valence-electron chi connectivity index (χ4n) is 1.87. The fraction of sp³-hybridized carbons (Fsp3) is 0.308. The highest BCUT2D eigenvalue weighted by molar-refractivity contribution is 5.87. The first kappa shape index (κ1) is 11.5. The van der Waals surface area contributed by atoms with Gasteiger partial charge in [-0.15, -0.1) is 0 Å². The molecular formula is C13H14N2O2. The van der Waals surface area contributed by atoms with Gasteiger partial charge in [-0.2, -0.15) is 4.91 Å². The highest BCUT2D eigenvalue weighted by atomic mass is 16.3. The van der Waals surface area contributed by atoms with Crippen molar-refractivity contribution >= 4 is 10.9 Å². The molecule has 0 spiro atoms. The van der Waals surface area contributed by atoms with E-state index in [1.165, 1.54) is 0 Å². The van der Waals surface area contributed by atoms with E-state index >= 15 is 0 Å². The predicted octanol–water partition coefficient (Wildman–Crippen LogP) is 3.03. The standard InChI is InChI=1S/C13H14N2O2/c1-13(2,15-17)8-9-5-6-11(16)12-10(9)4-3-7-14-12/h3-7,16H,8H2,1-2H3. The first-order valence-electron chi connectivity index (χ1n) is 5.43. The summed E-state index contributed by atoms with van der Waals surface area (Å²) in [7, 11) is 0. The third-order valence-electron chi connectivity index (χ3n) is 2.71. The molecule has 1 aromatic heterocycles. The van der Waals surface area contributed by atoms with Gasteiger partial charge in [0.1, 0.15) is 16.8 Å². The maximum atomic E-state index is 10.7. The lowest BCUT2D eigenvalue weighted by Gasteiger charge is -2.16. The number of nitroso groups, excluding NO2 is 1. The molecule has 4 heteroatoms. The zero-order valence-electron chi connectivity index (χ0n) is 9.84.